The van der Waals surface area contributed by atoms with Gasteiger partial charge in [-0.15, -0.1) is 0 Å². The van der Waals surface area contributed by atoms with Crippen LogP contribution >= 0.6 is 0 Å². The summed E-state index contributed by atoms with van der Waals surface area (Å²) in [4.78, 5) is 22.3. The lowest BCUT2D eigenvalue weighted by Crippen LogP contribution is -2.34. The Bertz CT molecular complexity index is 166. The first-order valence-corrected chi connectivity index (χ1v) is 4.68. The van der Waals surface area contributed by atoms with Gasteiger partial charge in [-0.1, -0.05) is 27.2 Å². The van der Waals surface area contributed by atoms with Crippen LogP contribution in [0.2, 0.25) is 0 Å². The topological polar surface area (TPSA) is 37.4 Å². The van der Waals surface area contributed by atoms with Gasteiger partial charge in [-0.3, -0.25) is 4.79 Å². The smallest absolute Gasteiger partial charge is 0.210 e. The molecule has 0 unspecified atom stereocenters. The van der Waals surface area contributed by atoms with E-state index >= 15 is 0 Å². The van der Waals surface area contributed by atoms with Crippen LogP contribution < -0.4 is 0 Å². The van der Waals surface area contributed by atoms with Crippen molar-refractivity contribution in [3.05, 3.63) is 0 Å². The van der Waals surface area contributed by atoms with Crippen molar-refractivity contribution >= 4 is 12.7 Å². The molecule has 0 aliphatic carbocycles. The first-order chi connectivity index (χ1) is 6.05. The fourth-order valence-electron chi connectivity index (χ4n) is 1.55. The van der Waals surface area contributed by atoms with Gasteiger partial charge in [-0.25, -0.2) is 0 Å². The molecule has 0 rings (SSSR count). The number of aldehydes is 1. The molecule has 0 aliphatic rings. The van der Waals surface area contributed by atoms with Crippen LogP contribution in [-0.4, -0.2) is 30.7 Å². The van der Waals surface area contributed by atoms with Gasteiger partial charge in [0.1, 0.15) is 6.29 Å². The summed E-state index contributed by atoms with van der Waals surface area (Å²) in [5.74, 6) is 0. The molecule has 1 amide bonds. The fraction of sp³-hybridized carbons (Fsp3) is 0.800. The maximum atomic E-state index is 10.5. The van der Waals surface area contributed by atoms with E-state index in [0.717, 1.165) is 25.5 Å². The van der Waals surface area contributed by atoms with Crippen molar-refractivity contribution in [1.29, 1.82) is 0 Å². The highest BCUT2D eigenvalue weighted by atomic mass is 16.1. The number of hydrogen-bond acceptors (Lipinski definition) is 2. The molecule has 0 aliphatic heterocycles. The lowest BCUT2D eigenvalue weighted by molar-refractivity contribution is -0.123. The average Bonchev–Trinajstić information content (AvgIpc) is 2.03. The van der Waals surface area contributed by atoms with Crippen LogP contribution in [0, 0.1) is 5.41 Å². The summed E-state index contributed by atoms with van der Waals surface area (Å²) in [7, 11) is 0. The van der Waals surface area contributed by atoms with Crippen molar-refractivity contribution in [2.45, 2.75) is 33.6 Å². The Kier molecular flexibility index (Phi) is 5.35. The Morgan fingerprint density at radius 3 is 2.31 bits per heavy atom. The zero-order valence-corrected chi connectivity index (χ0v) is 8.75. The van der Waals surface area contributed by atoms with E-state index in [-0.39, 0.29) is 12.0 Å². The highest BCUT2D eigenvalue weighted by Gasteiger charge is 2.19. The van der Waals surface area contributed by atoms with E-state index in [1.165, 1.54) is 4.90 Å². The Balaban J connectivity index is 4.03. The van der Waals surface area contributed by atoms with Gasteiger partial charge in [0.15, 0.2) is 0 Å². The minimum atomic E-state index is 0.110. The van der Waals surface area contributed by atoms with Crippen molar-refractivity contribution in [3.63, 3.8) is 0 Å². The Morgan fingerprint density at radius 2 is 1.92 bits per heavy atom. The Morgan fingerprint density at radius 1 is 1.31 bits per heavy atom. The SMILES string of the molecule is CCCC(C)(C)CN(C=O)CC=O. The zero-order valence-electron chi connectivity index (χ0n) is 8.75. The fourth-order valence-corrected chi connectivity index (χ4v) is 1.55. The first-order valence-electron chi connectivity index (χ1n) is 4.68. The summed E-state index contributed by atoms with van der Waals surface area (Å²) in [5.41, 5.74) is 0.110. The van der Waals surface area contributed by atoms with Crippen molar-refractivity contribution in [2.24, 2.45) is 5.41 Å². The van der Waals surface area contributed by atoms with Crippen LogP contribution in [0.25, 0.3) is 0 Å². The number of amides is 1. The third-order valence-corrected chi connectivity index (χ3v) is 2.02. The number of hydrogen-bond donors (Lipinski definition) is 0. The molecule has 0 aromatic heterocycles. The molecular weight excluding hydrogens is 166 g/mol. The van der Waals surface area contributed by atoms with E-state index in [1.807, 2.05) is 0 Å². The van der Waals surface area contributed by atoms with Gasteiger partial charge in [0, 0.05) is 6.54 Å². The molecular formula is C10H19NO2. The van der Waals surface area contributed by atoms with E-state index in [1.54, 1.807) is 0 Å². The number of carbonyl (C=O) groups is 2. The Hall–Kier alpha value is -0.860. The number of carbonyl (C=O) groups excluding carboxylic acids is 2. The lowest BCUT2D eigenvalue weighted by Gasteiger charge is -2.29. The summed E-state index contributed by atoms with van der Waals surface area (Å²) in [6, 6.07) is 0. The molecule has 0 aromatic rings. The monoisotopic (exact) mass is 185 g/mol. The number of nitrogens with zero attached hydrogens (tertiary/aromatic N) is 1. The standard InChI is InChI=1S/C10H19NO2/c1-4-5-10(2,3)8-11(9-13)6-7-12/h7,9H,4-6,8H2,1-3H3. The van der Waals surface area contributed by atoms with Crippen molar-refractivity contribution < 1.29 is 9.59 Å². The van der Waals surface area contributed by atoms with Gasteiger partial charge in [0.2, 0.25) is 6.41 Å². The molecule has 3 nitrogen and oxygen atoms in total. The second-order valence-electron chi connectivity index (χ2n) is 4.12. The summed E-state index contributed by atoms with van der Waals surface area (Å²) < 4.78 is 0. The van der Waals surface area contributed by atoms with Crippen LogP contribution in [-0.2, 0) is 9.59 Å². The third-order valence-electron chi connectivity index (χ3n) is 2.02. The normalized spacial score (nSPS) is 11.0. The minimum Gasteiger partial charge on any atom is -0.338 e. The highest BCUT2D eigenvalue weighted by Crippen LogP contribution is 2.22. The van der Waals surface area contributed by atoms with E-state index in [0.29, 0.717) is 6.54 Å². The predicted molar refractivity (Wildman–Crippen MR) is 52.4 cm³/mol. The molecule has 0 saturated heterocycles. The van der Waals surface area contributed by atoms with Crippen molar-refractivity contribution in [1.82, 2.24) is 4.90 Å². The van der Waals surface area contributed by atoms with E-state index in [4.69, 9.17) is 0 Å². The molecule has 76 valence electrons. The van der Waals surface area contributed by atoms with Crippen molar-refractivity contribution in [2.75, 3.05) is 13.1 Å². The van der Waals surface area contributed by atoms with Gasteiger partial charge in [0.05, 0.1) is 6.54 Å². The molecule has 0 aromatic carbocycles. The van der Waals surface area contributed by atoms with Crippen LogP contribution in [0.4, 0.5) is 0 Å². The van der Waals surface area contributed by atoms with E-state index < -0.39 is 0 Å². The minimum absolute atomic E-state index is 0.110. The summed E-state index contributed by atoms with van der Waals surface area (Å²) >= 11 is 0. The molecule has 0 saturated carbocycles. The van der Waals surface area contributed by atoms with Crippen LogP contribution in [0.15, 0.2) is 0 Å². The average molecular weight is 185 g/mol. The number of rotatable bonds is 7. The second kappa shape index (κ2) is 5.73. The van der Waals surface area contributed by atoms with Gasteiger partial charge >= 0.3 is 0 Å². The van der Waals surface area contributed by atoms with Gasteiger partial charge in [-0.2, -0.15) is 0 Å². The molecule has 0 bridgehead atoms. The van der Waals surface area contributed by atoms with E-state index in [9.17, 15) is 9.59 Å². The maximum absolute atomic E-state index is 10.5. The van der Waals surface area contributed by atoms with Crippen molar-refractivity contribution in [3.8, 4) is 0 Å². The van der Waals surface area contributed by atoms with Gasteiger partial charge < -0.3 is 9.69 Å². The van der Waals surface area contributed by atoms with E-state index in [2.05, 4.69) is 20.8 Å². The quantitative estimate of drug-likeness (QED) is 0.563. The third kappa shape index (κ3) is 5.39. The molecule has 0 heterocycles. The first kappa shape index (κ1) is 12.1. The molecule has 0 spiro atoms. The maximum Gasteiger partial charge on any atom is 0.210 e. The Labute approximate surface area is 80.1 Å². The van der Waals surface area contributed by atoms with Gasteiger partial charge in [0.25, 0.3) is 0 Å². The molecule has 0 fully saturated rings. The predicted octanol–water partition coefficient (Wildman–Crippen LogP) is 1.47. The largest absolute Gasteiger partial charge is 0.338 e. The highest BCUT2D eigenvalue weighted by molar-refractivity contribution is 5.59. The molecule has 0 atom stereocenters. The van der Waals surface area contributed by atoms with Crippen LogP contribution in [0.3, 0.4) is 0 Å². The molecule has 3 heteroatoms. The van der Waals surface area contributed by atoms with Crippen LogP contribution in [0.5, 0.6) is 0 Å². The summed E-state index contributed by atoms with van der Waals surface area (Å²) in [6.45, 7) is 7.20. The lowest BCUT2D eigenvalue weighted by atomic mass is 9.87. The summed E-state index contributed by atoms with van der Waals surface area (Å²) in [5, 5.41) is 0. The molecule has 0 N–H and O–H groups in total. The molecule has 13 heavy (non-hydrogen) atoms. The summed E-state index contributed by atoms with van der Waals surface area (Å²) in [6.07, 6.45) is 3.67. The molecule has 0 radical (unpaired) electrons. The van der Waals surface area contributed by atoms with Gasteiger partial charge in [-0.05, 0) is 11.8 Å². The second-order valence-corrected chi connectivity index (χ2v) is 4.12. The van der Waals surface area contributed by atoms with Crippen LogP contribution in [0.1, 0.15) is 33.6 Å². The zero-order chi connectivity index (χ0) is 10.3.